The zero-order chi connectivity index (χ0) is 12.7. The summed E-state index contributed by atoms with van der Waals surface area (Å²) >= 11 is 0. The van der Waals surface area contributed by atoms with E-state index in [1.165, 1.54) is 0 Å². The fourth-order valence-electron chi connectivity index (χ4n) is 2.03. The van der Waals surface area contributed by atoms with Gasteiger partial charge in [0.05, 0.1) is 13.2 Å². The number of amides is 1. The molecule has 0 spiro atoms. The Bertz CT molecular complexity index is 230. The van der Waals surface area contributed by atoms with Crippen molar-refractivity contribution in [2.24, 2.45) is 0 Å². The van der Waals surface area contributed by atoms with Crippen LogP contribution in [0.2, 0.25) is 0 Å². The normalized spacial score (nSPS) is 20.1. The van der Waals surface area contributed by atoms with E-state index >= 15 is 0 Å². The first-order chi connectivity index (χ1) is 8.13. The minimum atomic E-state index is 0.145. The number of hydrogen-bond acceptors (Lipinski definition) is 4. The first-order valence-electron chi connectivity index (χ1n) is 6.36. The van der Waals surface area contributed by atoms with Gasteiger partial charge in [-0.1, -0.05) is 0 Å². The van der Waals surface area contributed by atoms with E-state index in [9.17, 15) is 4.79 Å². The molecule has 2 N–H and O–H groups in total. The van der Waals surface area contributed by atoms with E-state index in [1.54, 1.807) is 0 Å². The summed E-state index contributed by atoms with van der Waals surface area (Å²) in [4.78, 5) is 13.8. The van der Waals surface area contributed by atoms with Crippen LogP contribution in [0.15, 0.2) is 0 Å². The Labute approximate surface area is 103 Å². The molecule has 1 heterocycles. The molecule has 1 fully saturated rings. The smallest absolute Gasteiger partial charge is 0.224 e. The molecule has 0 aromatic carbocycles. The molecule has 1 aliphatic heterocycles. The number of ether oxygens (including phenoxy) is 1. The lowest BCUT2D eigenvalue weighted by Crippen LogP contribution is -2.44. The van der Waals surface area contributed by atoms with Gasteiger partial charge in [0.15, 0.2) is 0 Å². The highest BCUT2D eigenvalue weighted by Crippen LogP contribution is 2.04. The Morgan fingerprint density at radius 3 is 2.59 bits per heavy atom. The minimum absolute atomic E-state index is 0.145. The second-order valence-corrected chi connectivity index (χ2v) is 4.68. The van der Waals surface area contributed by atoms with Crippen LogP contribution in [0.1, 0.15) is 26.7 Å². The third kappa shape index (κ3) is 5.48. The molecule has 1 amide bonds. The summed E-state index contributed by atoms with van der Waals surface area (Å²) in [6, 6.07) is 0.388. The van der Waals surface area contributed by atoms with Crippen molar-refractivity contribution < 1.29 is 14.6 Å². The number of nitrogens with one attached hydrogen (secondary N) is 1. The standard InChI is InChI=1S/C12H24N2O3/c1-10(3-6-15)13-11(2)9-12(16)14-4-7-17-8-5-14/h10-11,13,15H,3-9H2,1-2H3/t10-,11?/m1/s1. The molecule has 1 rings (SSSR count). The van der Waals surface area contributed by atoms with Crippen LogP contribution in [0.3, 0.4) is 0 Å². The van der Waals surface area contributed by atoms with E-state index in [1.807, 2.05) is 18.7 Å². The van der Waals surface area contributed by atoms with E-state index in [0.717, 1.165) is 6.42 Å². The molecule has 1 unspecified atom stereocenters. The highest BCUT2D eigenvalue weighted by molar-refractivity contribution is 5.76. The van der Waals surface area contributed by atoms with Crippen LogP contribution in [0.4, 0.5) is 0 Å². The summed E-state index contributed by atoms with van der Waals surface area (Å²) in [5.41, 5.74) is 0. The number of carbonyl (C=O) groups is 1. The fourth-order valence-corrected chi connectivity index (χ4v) is 2.03. The largest absolute Gasteiger partial charge is 0.396 e. The molecule has 5 nitrogen and oxygen atoms in total. The summed E-state index contributed by atoms with van der Waals surface area (Å²) in [5, 5.41) is 12.1. The van der Waals surface area contributed by atoms with E-state index in [2.05, 4.69) is 5.32 Å². The molecule has 0 saturated carbocycles. The monoisotopic (exact) mass is 244 g/mol. The summed E-state index contributed by atoms with van der Waals surface area (Å²) in [6.45, 7) is 6.91. The van der Waals surface area contributed by atoms with Crippen LogP contribution in [-0.4, -0.2) is 60.9 Å². The maximum Gasteiger partial charge on any atom is 0.224 e. The highest BCUT2D eigenvalue weighted by atomic mass is 16.5. The number of aliphatic hydroxyl groups is 1. The highest BCUT2D eigenvalue weighted by Gasteiger charge is 2.19. The second-order valence-electron chi connectivity index (χ2n) is 4.68. The molecule has 0 aromatic rings. The zero-order valence-corrected chi connectivity index (χ0v) is 10.8. The van der Waals surface area contributed by atoms with Gasteiger partial charge in [-0.2, -0.15) is 0 Å². The Morgan fingerprint density at radius 2 is 2.00 bits per heavy atom. The average molecular weight is 244 g/mol. The number of morpholine rings is 1. The quantitative estimate of drug-likeness (QED) is 0.689. The average Bonchev–Trinajstić information content (AvgIpc) is 2.30. The van der Waals surface area contributed by atoms with Gasteiger partial charge in [0.1, 0.15) is 0 Å². The van der Waals surface area contributed by atoms with Crippen LogP contribution in [-0.2, 0) is 9.53 Å². The first kappa shape index (κ1) is 14.4. The fraction of sp³-hybridized carbons (Fsp3) is 0.917. The van der Waals surface area contributed by atoms with Gasteiger partial charge in [0, 0.05) is 38.2 Å². The van der Waals surface area contributed by atoms with Crippen molar-refractivity contribution in [3.63, 3.8) is 0 Å². The minimum Gasteiger partial charge on any atom is -0.396 e. The Balaban J connectivity index is 2.24. The van der Waals surface area contributed by atoms with Crippen LogP contribution >= 0.6 is 0 Å². The molecule has 0 aliphatic carbocycles. The number of hydrogen-bond donors (Lipinski definition) is 2. The number of rotatable bonds is 6. The lowest BCUT2D eigenvalue weighted by Gasteiger charge is -2.28. The number of aliphatic hydroxyl groups excluding tert-OH is 1. The van der Waals surface area contributed by atoms with E-state index in [4.69, 9.17) is 9.84 Å². The summed E-state index contributed by atoms with van der Waals surface area (Å²) in [7, 11) is 0. The summed E-state index contributed by atoms with van der Waals surface area (Å²) in [5.74, 6) is 0.185. The molecular formula is C12H24N2O3. The molecule has 17 heavy (non-hydrogen) atoms. The molecule has 1 aliphatic rings. The van der Waals surface area contributed by atoms with E-state index in [-0.39, 0.29) is 24.6 Å². The van der Waals surface area contributed by atoms with Crippen LogP contribution in [0.5, 0.6) is 0 Å². The van der Waals surface area contributed by atoms with E-state index < -0.39 is 0 Å². The molecule has 0 aromatic heterocycles. The van der Waals surface area contributed by atoms with Crippen molar-refractivity contribution >= 4 is 5.91 Å². The van der Waals surface area contributed by atoms with Crippen molar-refractivity contribution in [1.82, 2.24) is 10.2 Å². The van der Waals surface area contributed by atoms with Gasteiger partial charge in [0.2, 0.25) is 5.91 Å². The van der Waals surface area contributed by atoms with Crippen molar-refractivity contribution in [3.05, 3.63) is 0 Å². The van der Waals surface area contributed by atoms with E-state index in [0.29, 0.717) is 32.7 Å². The van der Waals surface area contributed by atoms with Gasteiger partial charge in [-0.25, -0.2) is 0 Å². The topological polar surface area (TPSA) is 61.8 Å². The van der Waals surface area contributed by atoms with Crippen molar-refractivity contribution in [2.75, 3.05) is 32.9 Å². The van der Waals surface area contributed by atoms with Crippen LogP contribution in [0, 0.1) is 0 Å². The van der Waals surface area contributed by atoms with Gasteiger partial charge in [-0.05, 0) is 20.3 Å². The Morgan fingerprint density at radius 1 is 1.35 bits per heavy atom. The number of nitrogens with zero attached hydrogens (tertiary/aromatic N) is 1. The molecular weight excluding hydrogens is 220 g/mol. The molecule has 0 bridgehead atoms. The predicted molar refractivity (Wildman–Crippen MR) is 65.8 cm³/mol. The van der Waals surface area contributed by atoms with Crippen LogP contribution in [0.25, 0.3) is 0 Å². The van der Waals surface area contributed by atoms with Gasteiger partial charge in [0.25, 0.3) is 0 Å². The van der Waals surface area contributed by atoms with Gasteiger partial charge >= 0.3 is 0 Å². The predicted octanol–water partition coefficient (Wildman–Crippen LogP) is -0.0157. The number of carbonyl (C=O) groups excluding carboxylic acids is 1. The SMILES string of the molecule is CC(CC(=O)N1CCOCC1)N[C@H](C)CCO. The maximum atomic E-state index is 11.9. The lowest BCUT2D eigenvalue weighted by atomic mass is 10.1. The molecule has 1 saturated heterocycles. The molecule has 2 atom stereocenters. The Hall–Kier alpha value is -0.650. The van der Waals surface area contributed by atoms with Crippen molar-refractivity contribution in [3.8, 4) is 0 Å². The maximum absolute atomic E-state index is 11.9. The van der Waals surface area contributed by atoms with Gasteiger partial charge in [-0.3, -0.25) is 4.79 Å². The molecule has 100 valence electrons. The molecule has 5 heteroatoms. The third-order valence-electron chi connectivity index (χ3n) is 2.98. The van der Waals surface area contributed by atoms with Crippen molar-refractivity contribution in [2.45, 2.75) is 38.8 Å². The Kier molecular flexibility index (Phi) is 6.47. The third-order valence-corrected chi connectivity index (χ3v) is 2.98. The van der Waals surface area contributed by atoms with Gasteiger partial charge in [-0.15, -0.1) is 0 Å². The second kappa shape index (κ2) is 7.63. The van der Waals surface area contributed by atoms with Gasteiger partial charge < -0.3 is 20.1 Å². The first-order valence-corrected chi connectivity index (χ1v) is 6.36. The zero-order valence-electron chi connectivity index (χ0n) is 10.8. The lowest BCUT2D eigenvalue weighted by molar-refractivity contribution is -0.135. The summed E-state index contributed by atoms with van der Waals surface area (Å²) in [6.07, 6.45) is 1.23. The summed E-state index contributed by atoms with van der Waals surface area (Å²) < 4.78 is 5.21. The van der Waals surface area contributed by atoms with Crippen molar-refractivity contribution in [1.29, 1.82) is 0 Å². The van der Waals surface area contributed by atoms with Crippen LogP contribution < -0.4 is 5.32 Å². The molecule has 0 radical (unpaired) electrons.